The number of hydrogen-bond acceptors (Lipinski definition) is 2. The Morgan fingerprint density at radius 1 is 1.27 bits per heavy atom. The molecule has 1 amide bonds. The summed E-state index contributed by atoms with van der Waals surface area (Å²) in [5.41, 5.74) is 4.60. The molecule has 1 unspecified atom stereocenters. The minimum Gasteiger partial charge on any atom is -0.371 e. The molecule has 6 heteroatoms. The van der Waals surface area contributed by atoms with Gasteiger partial charge < -0.3 is 11.1 Å². The maximum absolute atomic E-state index is 13.0. The fraction of sp³-hybridized carbons (Fsp3) is 0.222. The number of nitrogens with one attached hydrogen (secondary N) is 1. The van der Waals surface area contributed by atoms with Crippen LogP contribution in [0.1, 0.15) is 6.92 Å². The number of rotatable bonds is 3. The monoisotopic (exact) mass is 218 g/mol. The zero-order valence-electron chi connectivity index (χ0n) is 7.85. The van der Waals surface area contributed by atoms with Crippen LogP contribution >= 0.6 is 0 Å². The van der Waals surface area contributed by atoms with Crippen molar-refractivity contribution in [2.45, 2.75) is 13.0 Å². The number of hydrogen-bond donors (Lipinski definition) is 2. The summed E-state index contributed by atoms with van der Waals surface area (Å²) in [6.45, 7) is 1.38. The van der Waals surface area contributed by atoms with Gasteiger partial charge in [0.1, 0.15) is 11.9 Å². The highest BCUT2D eigenvalue weighted by molar-refractivity contribution is 5.82. The molecule has 0 aliphatic rings. The normalized spacial score (nSPS) is 12.3. The lowest BCUT2D eigenvalue weighted by Gasteiger charge is -2.12. The van der Waals surface area contributed by atoms with E-state index in [4.69, 9.17) is 5.73 Å². The van der Waals surface area contributed by atoms with Gasteiger partial charge in [0.05, 0.1) is 5.69 Å². The topological polar surface area (TPSA) is 55.1 Å². The molecule has 0 bridgehead atoms. The maximum atomic E-state index is 13.0. The van der Waals surface area contributed by atoms with E-state index in [0.717, 1.165) is 0 Å². The van der Waals surface area contributed by atoms with E-state index in [1.807, 2.05) is 0 Å². The molecule has 3 N–H and O–H groups in total. The Kier molecular flexibility index (Phi) is 3.18. The molecule has 15 heavy (non-hydrogen) atoms. The van der Waals surface area contributed by atoms with E-state index in [2.05, 4.69) is 5.32 Å². The number of amides is 1. The summed E-state index contributed by atoms with van der Waals surface area (Å²) >= 11 is 0. The zero-order chi connectivity index (χ0) is 11.6. The number of primary amides is 1. The van der Waals surface area contributed by atoms with Crippen LogP contribution in [0.15, 0.2) is 12.1 Å². The Labute approximate surface area is 84.1 Å². The minimum absolute atomic E-state index is 0.305. The molecule has 0 saturated heterocycles. The highest BCUT2D eigenvalue weighted by Crippen LogP contribution is 2.18. The van der Waals surface area contributed by atoms with Gasteiger partial charge in [-0.1, -0.05) is 0 Å². The fourth-order valence-electron chi connectivity index (χ4n) is 0.938. The van der Waals surface area contributed by atoms with E-state index < -0.39 is 29.4 Å². The number of halogens is 3. The molecular weight excluding hydrogens is 209 g/mol. The molecule has 0 saturated carbocycles. The first-order valence-corrected chi connectivity index (χ1v) is 4.12. The lowest BCUT2D eigenvalue weighted by atomic mass is 10.2. The van der Waals surface area contributed by atoms with Gasteiger partial charge in [-0.25, -0.2) is 13.2 Å². The minimum atomic E-state index is -1.29. The SMILES string of the molecule is CC(Nc1cc(F)c(F)cc1F)C(N)=O. The first-order chi connectivity index (χ1) is 6.91. The van der Waals surface area contributed by atoms with Crippen molar-refractivity contribution in [3.63, 3.8) is 0 Å². The maximum Gasteiger partial charge on any atom is 0.239 e. The first kappa shape index (κ1) is 11.4. The van der Waals surface area contributed by atoms with E-state index in [9.17, 15) is 18.0 Å². The summed E-state index contributed by atoms with van der Waals surface area (Å²) in [4.78, 5) is 10.6. The second-order valence-corrected chi connectivity index (χ2v) is 3.01. The quantitative estimate of drug-likeness (QED) is 0.753. The molecule has 1 atom stereocenters. The van der Waals surface area contributed by atoms with Gasteiger partial charge in [-0.05, 0) is 6.92 Å². The number of carbonyl (C=O) groups is 1. The van der Waals surface area contributed by atoms with Crippen LogP contribution in [0, 0.1) is 17.5 Å². The van der Waals surface area contributed by atoms with Crippen molar-refractivity contribution in [2.75, 3.05) is 5.32 Å². The first-order valence-electron chi connectivity index (χ1n) is 4.12. The smallest absolute Gasteiger partial charge is 0.239 e. The molecular formula is C9H9F3N2O. The lowest BCUT2D eigenvalue weighted by molar-refractivity contribution is -0.118. The molecule has 0 radical (unpaired) electrons. The van der Waals surface area contributed by atoms with Gasteiger partial charge in [-0.3, -0.25) is 4.79 Å². The molecule has 0 spiro atoms. The van der Waals surface area contributed by atoms with Gasteiger partial charge in [-0.15, -0.1) is 0 Å². The number of carbonyl (C=O) groups excluding carboxylic acids is 1. The number of nitrogens with two attached hydrogens (primary N) is 1. The van der Waals surface area contributed by atoms with Crippen molar-refractivity contribution in [2.24, 2.45) is 5.73 Å². The van der Waals surface area contributed by atoms with Gasteiger partial charge in [0, 0.05) is 12.1 Å². The van der Waals surface area contributed by atoms with Crippen molar-refractivity contribution in [3.05, 3.63) is 29.6 Å². The Morgan fingerprint density at radius 3 is 2.33 bits per heavy atom. The van der Waals surface area contributed by atoms with Crippen LogP contribution in [0.2, 0.25) is 0 Å². The number of anilines is 1. The van der Waals surface area contributed by atoms with E-state index in [0.29, 0.717) is 12.1 Å². The second kappa shape index (κ2) is 4.20. The third-order valence-electron chi connectivity index (χ3n) is 1.81. The third-order valence-corrected chi connectivity index (χ3v) is 1.81. The molecule has 0 heterocycles. The van der Waals surface area contributed by atoms with Crippen LogP contribution in [0.5, 0.6) is 0 Å². The van der Waals surface area contributed by atoms with Crippen LogP contribution in [-0.2, 0) is 4.79 Å². The molecule has 0 aromatic heterocycles. The van der Waals surface area contributed by atoms with Crippen LogP contribution in [0.3, 0.4) is 0 Å². The predicted octanol–water partition coefficient (Wildman–Crippen LogP) is 1.39. The molecule has 0 aliphatic heterocycles. The summed E-state index contributed by atoms with van der Waals surface area (Å²) in [7, 11) is 0. The van der Waals surface area contributed by atoms with Gasteiger partial charge in [0.25, 0.3) is 0 Å². The van der Waals surface area contributed by atoms with Gasteiger partial charge in [-0.2, -0.15) is 0 Å². The molecule has 1 aromatic rings. The highest BCUT2D eigenvalue weighted by atomic mass is 19.2. The third kappa shape index (κ3) is 2.61. The lowest BCUT2D eigenvalue weighted by Crippen LogP contribution is -2.32. The summed E-state index contributed by atoms with van der Waals surface area (Å²) < 4.78 is 38.3. The molecule has 1 aromatic carbocycles. The van der Waals surface area contributed by atoms with Crippen molar-refractivity contribution < 1.29 is 18.0 Å². The van der Waals surface area contributed by atoms with Crippen LogP contribution in [0.4, 0.5) is 18.9 Å². The van der Waals surface area contributed by atoms with Gasteiger partial charge in [0.2, 0.25) is 5.91 Å². The zero-order valence-corrected chi connectivity index (χ0v) is 7.85. The molecule has 1 rings (SSSR count). The summed E-state index contributed by atoms with van der Waals surface area (Å²) in [5, 5.41) is 2.32. The Balaban J connectivity index is 2.95. The van der Waals surface area contributed by atoms with E-state index in [1.54, 1.807) is 0 Å². The largest absolute Gasteiger partial charge is 0.371 e. The summed E-state index contributed by atoms with van der Waals surface area (Å²) in [5.74, 6) is -4.19. The molecule has 3 nitrogen and oxygen atoms in total. The Hall–Kier alpha value is -1.72. The second-order valence-electron chi connectivity index (χ2n) is 3.01. The van der Waals surface area contributed by atoms with E-state index >= 15 is 0 Å². The predicted molar refractivity (Wildman–Crippen MR) is 48.6 cm³/mol. The standard InChI is InChI=1S/C9H9F3N2O/c1-4(9(13)15)14-8-3-6(11)5(10)2-7(8)12/h2-4,14H,1H3,(H2,13,15). The van der Waals surface area contributed by atoms with Crippen molar-refractivity contribution >= 4 is 11.6 Å². The molecule has 82 valence electrons. The van der Waals surface area contributed by atoms with Crippen LogP contribution in [0.25, 0.3) is 0 Å². The van der Waals surface area contributed by atoms with E-state index in [1.165, 1.54) is 6.92 Å². The van der Waals surface area contributed by atoms with Crippen molar-refractivity contribution in [1.29, 1.82) is 0 Å². The molecule has 0 fully saturated rings. The summed E-state index contributed by atoms with van der Waals surface area (Å²) in [6, 6.07) is 0.152. The Bertz CT molecular complexity index is 395. The average molecular weight is 218 g/mol. The molecule has 0 aliphatic carbocycles. The highest BCUT2D eigenvalue weighted by Gasteiger charge is 2.14. The van der Waals surface area contributed by atoms with Gasteiger partial charge in [0.15, 0.2) is 11.6 Å². The number of benzene rings is 1. The van der Waals surface area contributed by atoms with Gasteiger partial charge >= 0.3 is 0 Å². The van der Waals surface area contributed by atoms with E-state index in [-0.39, 0.29) is 5.69 Å². The average Bonchev–Trinajstić information content (AvgIpc) is 2.13. The Morgan fingerprint density at radius 2 is 1.80 bits per heavy atom. The van der Waals surface area contributed by atoms with Crippen LogP contribution < -0.4 is 11.1 Å². The fourth-order valence-corrected chi connectivity index (χ4v) is 0.938. The van der Waals surface area contributed by atoms with Crippen molar-refractivity contribution in [1.82, 2.24) is 0 Å². The van der Waals surface area contributed by atoms with Crippen LogP contribution in [-0.4, -0.2) is 11.9 Å². The summed E-state index contributed by atoms with van der Waals surface area (Å²) in [6.07, 6.45) is 0. The van der Waals surface area contributed by atoms with Crippen molar-refractivity contribution in [3.8, 4) is 0 Å².